The molecule has 0 radical (unpaired) electrons. The number of alkyl halides is 1. The SMILES string of the molecule is CC12C(=O)C(C)(C(c3ccccc3)=C1c1ccccc1)C1(Br)C(=O)N(Cc3cn(CCOC4OC(CO)C(O)C(O)C4O)nn3)C(=O)C21. The summed E-state index contributed by atoms with van der Waals surface area (Å²) in [6.45, 7) is 2.88. The van der Waals surface area contributed by atoms with Gasteiger partial charge in [-0.15, -0.1) is 5.10 Å². The molecule has 14 heteroatoms. The third-order valence-corrected chi connectivity index (χ3v) is 12.0. The summed E-state index contributed by atoms with van der Waals surface area (Å²) in [5, 5.41) is 47.8. The predicted molar refractivity (Wildman–Crippen MR) is 171 cm³/mol. The van der Waals surface area contributed by atoms with Crippen LogP contribution in [0.15, 0.2) is 66.9 Å². The van der Waals surface area contributed by atoms with Crippen LogP contribution in [0.1, 0.15) is 30.7 Å². The highest BCUT2D eigenvalue weighted by molar-refractivity contribution is 9.10. The number of benzene rings is 2. The van der Waals surface area contributed by atoms with Crippen LogP contribution in [0, 0.1) is 16.7 Å². The number of hydrogen-bond donors (Lipinski definition) is 4. The number of ether oxygens (including phenoxy) is 2. The molecule has 9 unspecified atom stereocenters. The van der Waals surface area contributed by atoms with Crippen molar-refractivity contribution in [2.45, 2.75) is 62.0 Å². The first-order valence-corrected chi connectivity index (χ1v) is 16.5. The number of aromatic nitrogens is 3. The Hall–Kier alpha value is -3.63. The number of ketones is 1. The van der Waals surface area contributed by atoms with Crippen molar-refractivity contribution in [3.63, 3.8) is 0 Å². The number of nitrogens with zero attached hydrogens (tertiary/aromatic N) is 4. The van der Waals surface area contributed by atoms with E-state index in [9.17, 15) is 34.8 Å². The Balaban J connectivity index is 1.14. The lowest BCUT2D eigenvalue weighted by atomic mass is 9.63. The van der Waals surface area contributed by atoms with Crippen LogP contribution in [0.3, 0.4) is 0 Å². The zero-order valence-electron chi connectivity index (χ0n) is 26.1. The summed E-state index contributed by atoms with van der Waals surface area (Å²) < 4.78 is 10.8. The Labute approximate surface area is 283 Å². The minimum Gasteiger partial charge on any atom is -0.394 e. The van der Waals surface area contributed by atoms with E-state index in [-0.39, 0.29) is 25.5 Å². The Bertz CT molecular complexity index is 1800. The first-order chi connectivity index (χ1) is 22.9. The van der Waals surface area contributed by atoms with Crippen molar-refractivity contribution in [1.29, 1.82) is 0 Å². The van der Waals surface area contributed by atoms with Gasteiger partial charge in [-0.25, -0.2) is 4.68 Å². The van der Waals surface area contributed by atoms with Crippen LogP contribution in [0.4, 0.5) is 0 Å². The fourth-order valence-corrected chi connectivity index (χ4v) is 9.40. The van der Waals surface area contributed by atoms with E-state index in [2.05, 4.69) is 26.2 Å². The van der Waals surface area contributed by atoms with E-state index < -0.39 is 70.2 Å². The number of Topliss-reactive ketones (excluding diaryl/α,β-unsaturated/α-hetero) is 1. The van der Waals surface area contributed by atoms with Crippen molar-refractivity contribution in [3.05, 3.63) is 83.7 Å². The van der Waals surface area contributed by atoms with Crippen LogP contribution in [-0.4, -0.2) is 106 Å². The van der Waals surface area contributed by atoms with E-state index in [0.717, 1.165) is 27.2 Å². The Kier molecular flexibility index (Phi) is 8.06. The van der Waals surface area contributed by atoms with Crippen LogP contribution in [0.25, 0.3) is 11.1 Å². The second kappa shape index (κ2) is 11.8. The lowest BCUT2D eigenvalue weighted by Gasteiger charge is -2.41. The zero-order chi connectivity index (χ0) is 34.2. The van der Waals surface area contributed by atoms with Gasteiger partial charge in [0.15, 0.2) is 12.1 Å². The molecule has 9 atom stereocenters. The molecule has 2 aromatic carbocycles. The number of aliphatic hydroxyl groups is 4. The maximum Gasteiger partial charge on any atom is 0.248 e. The Morgan fingerprint density at radius 1 is 0.917 bits per heavy atom. The van der Waals surface area contributed by atoms with Gasteiger partial charge in [0, 0.05) is 0 Å². The quantitative estimate of drug-likeness (QED) is 0.182. The van der Waals surface area contributed by atoms with E-state index >= 15 is 0 Å². The normalized spacial score (nSPS) is 36.0. The molecule has 1 saturated carbocycles. The highest BCUT2D eigenvalue weighted by Crippen LogP contribution is 2.77. The van der Waals surface area contributed by atoms with Crippen molar-refractivity contribution >= 4 is 44.7 Å². The lowest BCUT2D eigenvalue weighted by Crippen LogP contribution is -2.59. The molecule has 13 nitrogen and oxygen atoms in total. The van der Waals surface area contributed by atoms with Crippen LogP contribution >= 0.6 is 15.9 Å². The first-order valence-electron chi connectivity index (χ1n) is 15.7. The van der Waals surface area contributed by atoms with E-state index in [1.807, 2.05) is 60.7 Å². The third kappa shape index (κ3) is 4.40. The Morgan fingerprint density at radius 2 is 1.54 bits per heavy atom. The number of allylic oxidation sites excluding steroid dienone is 2. The molecule has 48 heavy (non-hydrogen) atoms. The van der Waals surface area contributed by atoms with Gasteiger partial charge < -0.3 is 29.9 Å². The number of hydrogen-bond acceptors (Lipinski definition) is 11. The van der Waals surface area contributed by atoms with Crippen molar-refractivity contribution in [1.82, 2.24) is 19.9 Å². The van der Waals surface area contributed by atoms with Crippen molar-refractivity contribution in [2.24, 2.45) is 16.7 Å². The molecule has 0 spiro atoms. The van der Waals surface area contributed by atoms with Crippen LogP contribution in [0.2, 0.25) is 0 Å². The summed E-state index contributed by atoms with van der Waals surface area (Å²) in [5.74, 6) is -2.17. The molecular formula is C34H35BrN4O9. The maximum atomic E-state index is 14.6. The number of halogens is 1. The molecule has 2 amide bonds. The molecule has 252 valence electrons. The van der Waals surface area contributed by atoms with Crippen LogP contribution < -0.4 is 0 Å². The van der Waals surface area contributed by atoms with Crippen molar-refractivity contribution in [3.8, 4) is 0 Å². The predicted octanol–water partition coefficient (Wildman–Crippen LogP) is 0.933. The van der Waals surface area contributed by atoms with E-state index in [0.29, 0.717) is 5.69 Å². The van der Waals surface area contributed by atoms with Gasteiger partial charge in [0.1, 0.15) is 34.4 Å². The smallest absolute Gasteiger partial charge is 0.248 e. The number of carbonyl (C=O) groups excluding carboxylic acids is 3. The maximum absolute atomic E-state index is 14.6. The van der Waals surface area contributed by atoms with Gasteiger partial charge in [-0.05, 0) is 36.1 Å². The van der Waals surface area contributed by atoms with E-state index in [1.54, 1.807) is 20.0 Å². The lowest BCUT2D eigenvalue weighted by molar-refractivity contribution is -0.301. The fourth-order valence-electron chi connectivity index (χ4n) is 8.16. The molecular weight excluding hydrogens is 688 g/mol. The molecule has 3 heterocycles. The number of imide groups is 1. The summed E-state index contributed by atoms with van der Waals surface area (Å²) in [4.78, 5) is 44.5. The number of fused-ring (bicyclic) bond motifs is 5. The van der Waals surface area contributed by atoms with Gasteiger partial charge in [-0.1, -0.05) is 81.8 Å². The Morgan fingerprint density at radius 3 is 2.17 bits per heavy atom. The minimum absolute atomic E-state index is 0.0470. The molecule has 3 aromatic rings. The standard InChI is InChI=1S/C34H35BrN4O9/c1-32-22(18-9-5-3-6-10-18)23(19-11-7-4-8-12-19)33(2,30(32)45)34(35)27(32)28(44)39(31(34)46)16-20-15-38(37-36-20)13-14-47-29-26(43)25(42)24(41)21(17-40)48-29/h3-12,15,21,24-27,29,40-43H,13-14,16-17H2,1-2H3. The largest absolute Gasteiger partial charge is 0.394 e. The van der Waals surface area contributed by atoms with Crippen molar-refractivity contribution in [2.75, 3.05) is 13.2 Å². The van der Waals surface area contributed by atoms with Gasteiger partial charge in [-0.2, -0.15) is 0 Å². The van der Waals surface area contributed by atoms with Crippen molar-refractivity contribution < 1.29 is 44.3 Å². The van der Waals surface area contributed by atoms with Gasteiger partial charge in [0.2, 0.25) is 11.8 Å². The topological polar surface area (TPSA) is 185 Å². The molecule has 3 fully saturated rings. The minimum atomic E-state index is -1.57. The molecule has 2 saturated heterocycles. The highest BCUT2D eigenvalue weighted by atomic mass is 79.9. The average molecular weight is 724 g/mol. The average Bonchev–Trinajstić information content (AvgIpc) is 3.71. The molecule has 2 bridgehead atoms. The molecule has 2 aliphatic heterocycles. The number of aliphatic hydroxyl groups excluding tert-OH is 4. The van der Waals surface area contributed by atoms with E-state index in [1.165, 1.54) is 4.68 Å². The van der Waals surface area contributed by atoms with Gasteiger partial charge in [-0.3, -0.25) is 19.3 Å². The van der Waals surface area contributed by atoms with Gasteiger partial charge in [0.05, 0.1) is 49.2 Å². The summed E-state index contributed by atoms with van der Waals surface area (Å²) in [6.07, 6.45) is -5.45. The number of carbonyl (C=O) groups is 3. The first kappa shape index (κ1) is 32.9. The fraction of sp³-hybridized carbons (Fsp3) is 0.441. The molecule has 7 rings (SSSR count). The molecule has 2 aliphatic carbocycles. The van der Waals surface area contributed by atoms with Gasteiger partial charge >= 0.3 is 0 Å². The molecule has 4 N–H and O–H groups in total. The summed E-state index contributed by atoms with van der Waals surface area (Å²) >= 11 is 3.75. The van der Waals surface area contributed by atoms with Gasteiger partial charge in [0.25, 0.3) is 0 Å². The summed E-state index contributed by atoms with van der Waals surface area (Å²) in [6, 6.07) is 19.0. The molecule has 4 aliphatic rings. The number of rotatable bonds is 9. The molecule has 1 aromatic heterocycles. The summed E-state index contributed by atoms with van der Waals surface area (Å²) in [7, 11) is 0. The summed E-state index contributed by atoms with van der Waals surface area (Å²) in [5.41, 5.74) is 0.761. The highest BCUT2D eigenvalue weighted by Gasteiger charge is 2.85. The monoisotopic (exact) mass is 722 g/mol. The van der Waals surface area contributed by atoms with Crippen LogP contribution in [-0.2, 0) is 36.9 Å². The number of likely N-dealkylation sites (tertiary alicyclic amines) is 1. The van der Waals surface area contributed by atoms with Crippen LogP contribution in [0.5, 0.6) is 0 Å². The zero-order valence-corrected chi connectivity index (χ0v) is 27.7. The second-order valence-electron chi connectivity index (χ2n) is 13.1. The van der Waals surface area contributed by atoms with E-state index in [4.69, 9.17) is 9.47 Å². The number of amides is 2. The third-order valence-electron chi connectivity index (χ3n) is 10.4. The second-order valence-corrected chi connectivity index (χ2v) is 14.3.